The molecule has 0 aliphatic heterocycles. The summed E-state index contributed by atoms with van der Waals surface area (Å²) in [5, 5.41) is 0. The van der Waals surface area contributed by atoms with Crippen LogP contribution in [0.25, 0.3) is 0 Å². The van der Waals surface area contributed by atoms with Crippen LogP contribution < -0.4 is 0 Å². The van der Waals surface area contributed by atoms with Crippen molar-refractivity contribution in [3.05, 3.63) is 71.8 Å². The van der Waals surface area contributed by atoms with Gasteiger partial charge in [0.05, 0.1) is 19.3 Å². The van der Waals surface area contributed by atoms with Crippen molar-refractivity contribution in [2.24, 2.45) is 0 Å². The second-order valence-corrected chi connectivity index (χ2v) is 5.15. The van der Waals surface area contributed by atoms with Crippen molar-refractivity contribution >= 4 is 0 Å². The second kappa shape index (κ2) is 9.78. The van der Waals surface area contributed by atoms with E-state index < -0.39 is 0 Å². The Morgan fingerprint density at radius 3 is 2.05 bits per heavy atom. The molecule has 0 radical (unpaired) electrons. The molecule has 0 aliphatic carbocycles. The van der Waals surface area contributed by atoms with Crippen LogP contribution in [0.1, 0.15) is 24.0 Å². The molecular formula is C20H22O2. The van der Waals surface area contributed by atoms with Gasteiger partial charge in [0.25, 0.3) is 0 Å². The van der Waals surface area contributed by atoms with E-state index in [1.807, 2.05) is 36.4 Å². The van der Waals surface area contributed by atoms with Gasteiger partial charge in [0.1, 0.15) is 0 Å². The van der Waals surface area contributed by atoms with Crippen LogP contribution in [0, 0.1) is 12.3 Å². The van der Waals surface area contributed by atoms with Crippen molar-refractivity contribution in [1.29, 1.82) is 0 Å². The van der Waals surface area contributed by atoms with Crippen molar-refractivity contribution < 1.29 is 9.47 Å². The summed E-state index contributed by atoms with van der Waals surface area (Å²) in [7, 11) is 0. The lowest BCUT2D eigenvalue weighted by atomic mass is 10.2. The van der Waals surface area contributed by atoms with E-state index in [1.54, 1.807) is 0 Å². The highest BCUT2D eigenvalue weighted by Gasteiger charge is 2.08. The van der Waals surface area contributed by atoms with Gasteiger partial charge in [-0.05, 0) is 17.5 Å². The molecule has 0 unspecified atom stereocenters. The molecule has 114 valence electrons. The SMILES string of the molecule is C#CC[C@@H](CCOCc1ccccc1)OCc1ccccc1. The molecule has 0 N–H and O–H groups in total. The molecule has 0 amide bonds. The molecular weight excluding hydrogens is 272 g/mol. The second-order valence-electron chi connectivity index (χ2n) is 5.15. The van der Waals surface area contributed by atoms with Gasteiger partial charge in [-0.3, -0.25) is 0 Å². The highest BCUT2D eigenvalue weighted by Crippen LogP contribution is 2.10. The Kier molecular flexibility index (Phi) is 7.25. The maximum absolute atomic E-state index is 5.90. The predicted octanol–water partition coefficient (Wildman–Crippen LogP) is 4.20. The summed E-state index contributed by atoms with van der Waals surface area (Å²) in [4.78, 5) is 0. The van der Waals surface area contributed by atoms with E-state index in [9.17, 15) is 0 Å². The quantitative estimate of drug-likeness (QED) is 0.510. The average molecular weight is 294 g/mol. The Morgan fingerprint density at radius 1 is 0.864 bits per heavy atom. The van der Waals surface area contributed by atoms with Gasteiger partial charge in [-0.2, -0.15) is 0 Å². The fourth-order valence-electron chi connectivity index (χ4n) is 2.14. The minimum absolute atomic E-state index is 0.0426. The molecule has 2 nitrogen and oxygen atoms in total. The number of terminal acetylenes is 1. The van der Waals surface area contributed by atoms with Crippen LogP contribution >= 0.6 is 0 Å². The Hall–Kier alpha value is -2.08. The zero-order chi connectivity index (χ0) is 15.5. The van der Waals surface area contributed by atoms with Crippen LogP contribution in [0.5, 0.6) is 0 Å². The standard InChI is InChI=1S/C20H22O2/c1-2-9-20(22-17-19-12-7-4-8-13-19)14-15-21-16-18-10-5-3-6-11-18/h1,3-8,10-13,20H,9,14-17H2/t20-/m0/s1. The van der Waals surface area contributed by atoms with Gasteiger partial charge in [-0.25, -0.2) is 0 Å². The summed E-state index contributed by atoms with van der Waals surface area (Å²) >= 11 is 0. The van der Waals surface area contributed by atoms with Crippen molar-refractivity contribution in [2.45, 2.75) is 32.2 Å². The lowest BCUT2D eigenvalue weighted by Crippen LogP contribution is -2.15. The van der Waals surface area contributed by atoms with E-state index in [0.717, 1.165) is 12.0 Å². The first-order valence-electron chi connectivity index (χ1n) is 7.59. The molecule has 0 fully saturated rings. The third kappa shape index (κ3) is 6.13. The number of benzene rings is 2. The molecule has 22 heavy (non-hydrogen) atoms. The first-order valence-corrected chi connectivity index (χ1v) is 7.59. The van der Waals surface area contributed by atoms with Crippen molar-refractivity contribution in [3.8, 4) is 12.3 Å². The highest BCUT2D eigenvalue weighted by atomic mass is 16.5. The van der Waals surface area contributed by atoms with E-state index in [4.69, 9.17) is 15.9 Å². The molecule has 2 heteroatoms. The zero-order valence-electron chi connectivity index (χ0n) is 12.8. The lowest BCUT2D eigenvalue weighted by molar-refractivity contribution is 0.0116. The van der Waals surface area contributed by atoms with Crippen LogP contribution in [0.15, 0.2) is 60.7 Å². The molecule has 1 atom stereocenters. The maximum atomic E-state index is 5.90. The lowest BCUT2D eigenvalue weighted by Gasteiger charge is -2.16. The van der Waals surface area contributed by atoms with Crippen molar-refractivity contribution in [3.63, 3.8) is 0 Å². The molecule has 0 saturated carbocycles. The van der Waals surface area contributed by atoms with E-state index >= 15 is 0 Å². The maximum Gasteiger partial charge on any atom is 0.0721 e. The summed E-state index contributed by atoms with van der Waals surface area (Å²) in [6.07, 6.45) is 6.89. The highest BCUT2D eigenvalue weighted by molar-refractivity contribution is 5.14. The van der Waals surface area contributed by atoms with Gasteiger partial charge in [0.15, 0.2) is 0 Å². The van der Waals surface area contributed by atoms with E-state index in [-0.39, 0.29) is 6.10 Å². The summed E-state index contributed by atoms with van der Waals surface area (Å²) in [6.45, 7) is 1.87. The molecule has 0 spiro atoms. The predicted molar refractivity (Wildman–Crippen MR) is 89.2 cm³/mol. The minimum Gasteiger partial charge on any atom is -0.377 e. The van der Waals surface area contributed by atoms with Gasteiger partial charge in [0, 0.05) is 13.0 Å². The molecule has 0 saturated heterocycles. The number of rotatable bonds is 9. The van der Waals surface area contributed by atoms with Gasteiger partial charge < -0.3 is 9.47 Å². The Labute approximate surface area is 133 Å². The third-order valence-electron chi connectivity index (χ3n) is 3.37. The molecule has 0 aromatic heterocycles. The van der Waals surface area contributed by atoms with E-state index in [1.165, 1.54) is 5.56 Å². The molecule has 2 aromatic rings. The number of hydrogen-bond acceptors (Lipinski definition) is 2. The summed E-state index contributed by atoms with van der Waals surface area (Å²) in [5.41, 5.74) is 2.34. The largest absolute Gasteiger partial charge is 0.377 e. The van der Waals surface area contributed by atoms with Crippen LogP contribution in [0.3, 0.4) is 0 Å². The van der Waals surface area contributed by atoms with Crippen LogP contribution in [-0.4, -0.2) is 12.7 Å². The fraction of sp³-hybridized carbons (Fsp3) is 0.300. The smallest absolute Gasteiger partial charge is 0.0721 e. The Morgan fingerprint density at radius 2 is 1.45 bits per heavy atom. The van der Waals surface area contributed by atoms with E-state index in [0.29, 0.717) is 26.2 Å². The monoisotopic (exact) mass is 294 g/mol. The first kappa shape index (κ1) is 16.3. The average Bonchev–Trinajstić information content (AvgIpc) is 2.58. The fourth-order valence-corrected chi connectivity index (χ4v) is 2.14. The van der Waals surface area contributed by atoms with Gasteiger partial charge in [0.2, 0.25) is 0 Å². The third-order valence-corrected chi connectivity index (χ3v) is 3.37. The number of hydrogen-bond donors (Lipinski definition) is 0. The molecule has 2 rings (SSSR count). The van der Waals surface area contributed by atoms with Crippen LogP contribution in [-0.2, 0) is 22.7 Å². The van der Waals surface area contributed by atoms with Crippen LogP contribution in [0.2, 0.25) is 0 Å². The Balaban J connectivity index is 1.69. The van der Waals surface area contributed by atoms with E-state index in [2.05, 4.69) is 30.2 Å². The summed E-state index contributed by atoms with van der Waals surface area (Å²) in [6, 6.07) is 20.3. The summed E-state index contributed by atoms with van der Waals surface area (Å²) < 4.78 is 11.6. The van der Waals surface area contributed by atoms with Gasteiger partial charge in [-0.15, -0.1) is 12.3 Å². The molecule has 0 aliphatic rings. The molecule has 2 aromatic carbocycles. The van der Waals surface area contributed by atoms with Crippen LogP contribution in [0.4, 0.5) is 0 Å². The van der Waals surface area contributed by atoms with Crippen molar-refractivity contribution in [2.75, 3.05) is 6.61 Å². The number of ether oxygens (including phenoxy) is 2. The molecule has 0 heterocycles. The summed E-state index contributed by atoms with van der Waals surface area (Å²) in [5.74, 6) is 2.68. The molecule has 0 bridgehead atoms. The topological polar surface area (TPSA) is 18.5 Å². The van der Waals surface area contributed by atoms with Gasteiger partial charge >= 0.3 is 0 Å². The first-order chi connectivity index (χ1) is 10.9. The normalized spacial score (nSPS) is 11.8. The Bertz CT molecular complexity index is 557. The van der Waals surface area contributed by atoms with Gasteiger partial charge in [-0.1, -0.05) is 60.7 Å². The minimum atomic E-state index is 0.0426. The zero-order valence-corrected chi connectivity index (χ0v) is 12.8. The van der Waals surface area contributed by atoms with Crippen molar-refractivity contribution in [1.82, 2.24) is 0 Å².